The minimum atomic E-state index is -0.167. The Labute approximate surface area is 105 Å². The SMILES string of the molecule is CC(C)[C@H](C)NC(=O)Nc1cccc(Br)c1. The number of halogens is 1. The highest BCUT2D eigenvalue weighted by molar-refractivity contribution is 9.10. The van der Waals surface area contributed by atoms with E-state index in [4.69, 9.17) is 0 Å². The van der Waals surface area contributed by atoms with Crippen LogP contribution in [0.2, 0.25) is 0 Å². The van der Waals surface area contributed by atoms with Crippen LogP contribution in [0.4, 0.5) is 10.5 Å². The van der Waals surface area contributed by atoms with Gasteiger partial charge in [-0.05, 0) is 31.0 Å². The zero-order chi connectivity index (χ0) is 12.1. The Morgan fingerprint density at radius 2 is 2.00 bits per heavy atom. The molecule has 4 heteroatoms. The molecule has 2 amide bonds. The minimum absolute atomic E-state index is 0.159. The zero-order valence-corrected chi connectivity index (χ0v) is 11.3. The second kappa shape index (κ2) is 5.89. The summed E-state index contributed by atoms with van der Waals surface area (Å²) in [6, 6.07) is 7.50. The summed E-state index contributed by atoms with van der Waals surface area (Å²) >= 11 is 3.35. The van der Waals surface area contributed by atoms with E-state index in [1.807, 2.05) is 31.2 Å². The van der Waals surface area contributed by atoms with Gasteiger partial charge in [-0.2, -0.15) is 0 Å². The van der Waals surface area contributed by atoms with E-state index in [9.17, 15) is 4.79 Å². The molecule has 0 heterocycles. The first-order valence-electron chi connectivity index (χ1n) is 5.32. The van der Waals surface area contributed by atoms with Crippen molar-refractivity contribution in [3.05, 3.63) is 28.7 Å². The summed E-state index contributed by atoms with van der Waals surface area (Å²) in [5.41, 5.74) is 0.780. The second-order valence-corrected chi connectivity index (χ2v) is 5.06. The molecule has 0 aliphatic rings. The van der Waals surface area contributed by atoms with E-state index in [0.717, 1.165) is 10.2 Å². The molecule has 0 aliphatic carbocycles. The number of carbonyl (C=O) groups excluding carboxylic acids is 1. The maximum absolute atomic E-state index is 11.6. The molecule has 0 fully saturated rings. The van der Waals surface area contributed by atoms with Gasteiger partial charge in [-0.25, -0.2) is 4.79 Å². The number of hydrogen-bond donors (Lipinski definition) is 2. The lowest BCUT2D eigenvalue weighted by molar-refractivity contribution is 0.246. The Balaban J connectivity index is 2.52. The molecule has 1 rings (SSSR count). The van der Waals surface area contributed by atoms with Crippen LogP contribution in [0.5, 0.6) is 0 Å². The average Bonchev–Trinajstić information content (AvgIpc) is 2.16. The van der Waals surface area contributed by atoms with Gasteiger partial charge in [0.1, 0.15) is 0 Å². The van der Waals surface area contributed by atoms with Crippen molar-refractivity contribution in [1.29, 1.82) is 0 Å². The van der Waals surface area contributed by atoms with Crippen molar-refractivity contribution in [3.63, 3.8) is 0 Å². The first-order valence-corrected chi connectivity index (χ1v) is 6.11. The van der Waals surface area contributed by atoms with Gasteiger partial charge in [0.05, 0.1) is 0 Å². The van der Waals surface area contributed by atoms with Crippen molar-refractivity contribution in [3.8, 4) is 0 Å². The molecule has 1 atom stereocenters. The highest BCUT2D eigenvalue weighted by Crippen LogP contribution is 2.15. The second-order valence-electron chi connectivity index (χ2n) is 4.14. The van der Waals surface area contributed by atoms with Crippen LogP contribution in [0, 0.1) is 5.92 Å². The Morgan fingerprint density at radius 3 is 2.56 bits per heavy atom. The summed E-state index contributed by atoms with van der Waals surface area (Å²) in [5, 5.41) is 5.67. The van der Waals surface area contributed by atoms with Gasteiger partial charge in [0.25, 0.3) is 0 Å². The van der Waals surface area contributed by atoms with Crippen molar-refractivity contribution in [2.24, 2.45) is 5.92 Å². The van der Waals surface area contributed by atoms with Gasteiger partial charge in [0, 0.05) is 16.2 Å². The number of urea groups is 1. The summed E-state index contributed by atoms with van der Waals surface area (Å²) in [6.07, 6.45) is 0. The van der Waals surface area contributed by atoms with E-state index in [1.54, 1.807) is 0 Å². The van der Waals surface area contributed by atoms with E-state index < -0.39 is 0 Å². The molecule has 0 spiro atoms. The lowest BCUT2D eigenvalue weighted by atomic mass is 10.1. The van der Waals surface area contributed by atoms with Crippen molar-refractivity contribution >= 4 is 27.6 Å². The molecule has 1 aromatic rings. The fraction of sp³-hybridized carbons (Fsp3) is 0.417. The van der Waals surface area contributed by atoms with Gasteiger partial charge in [0.2, 0.25) is 0 Å². The van der Waals surface area contributed by atoms with Gasteiger partial charge in [0.15, 0.2) is 0 Å². The smallest absolute Gasteiger partial charge is 0.319 e. The number of nitrogens with one attached hydrogen (secondary N) is 2. The Kier molecular flexibility index (Phi) is 4.80. The van der Waals surface area contributed by atoms with Crippen molar-refractivity contribution < 1.29 is 4.79 Å². The third-order valence-electron chi connectivity index (χ3n) is 2.44. The molecule has 16 heavy (non-hydrogen) atoms. The largest absolute Gasteiger partial charge is 0.335 e. The van der Waals surface area contributed by atoms with Crippen molar-refractivity contribution in [2.75, 3.05) is 5.32 Å². The number of amides is 2. The van der Waals surface area contributed by atoms with Crippen LogP contribution in [0.1, 0.15) is 20.8 Å². The minimum Gasteiger partial charge on any atom is -0.335 e. The van der Waals surface area contributed by atoms with Crippen LogP contribution < -0.4 is 10.6 Å². The summed E-state index contributed by atoms with van der Waals surface area (Å²) in [6.45, 7) is 6.14. The van der Waals surface area contributed by atoms with Gasteiger partial charge >= 0.3 is 6.03 Å². The van der Waals surface area contributed by atoms with Crippen molar-refractivity contribution in [1.82, 2.24) is 5.32 Å². The third kappa shape index (κ3) is 4.23. The summed E-state index contributed by atoms with van der Waals surface area (Å²) in [7, 11) is 0. The number of rotatable bonds is 3. The van der Waals surface area contributed by atoms with Crippen molar-refractivity contribution in [2.45, 2.75) is 26.8 Å². The predicted octanol–water partition coefficient (Wildman–Crippen LogP) is 3.62. The summed E-state index contributed by atoms with van der Waals surface area (Å²) < 4.78 is 0.946. The molecular weight excluding hydrogens is 268 g/mol. The average molecular weight is 285 g/mol. The van der Waals surface area contributed by atoms with Crippen LogP contribution in [0.25, 0.3) is 0 Å². The molecule has 1 aromatic carbocycles. The number of hydrogen-bond acceptors (Lipinski definition) is 1. The Bertz CT molecular complexity index is 366. The Hall–Kier alpha value is -1.03. The maximum Gasteiger partial charge on any atom is 0.319 e. The summed E-state index contributed by atoms with van der Waals surface area (Å²) in [5.74, 6) is 0.424. The molecule has 0 unspecified atom stereocenters. The Morgan fingerprint density at radius 1 is 1.31 bits per heavy atom. The molecule has 0 radical (unpaired) electrons. The first-order chi connectivity index (χ1) is 7.49. The maximum atomic E-state index is 11.6. The van der Waals surface area contributed by atoms with E-state index in [-0.39, 0.29) is 12.1 Å². The standard InChI is InChI=1S/C12H17BrN2O/c1-8(2)9(3)14-12(16)15-11-6-4-5-10(13)7-11/h4-9H,1-3H3,(H2,14,15,16)/t9-/m0/s1. The van der Waals surface area contributed by atoms with Crippen LogP contribution in [0.15, 0.2) is 28.7 Å². The third-order valence-corrected chi connectivity index (χ3v) is 2.93. The molecule has 0 aliphatic heterocycles. The molecule has 0 saturated heterocycles. The number of anilines is 1. The lowest BCUT2D eigenvalue weighted by Gasteiger charge is -2.17. The fourth-order valence-corrected chi connectivity index (χ4v) is 1.51. The normalized spacial score (nSPS) is 12.3. The molecular formula is C12H17BrN2O. The number of benzene rings is 1. The lowest BCUT2D eigenvalue weighted by Crippen LogP contribution is -2.38. The molecule has 0 bridgehead atoms. The van der Waals surface area contributed by atoms with Gasteiger partial charge in [-0.1, -0.05) is 35.8 Å². The van der Waals surface area contributed by atoms with Crippen LogP contribution >= 0.6 is 15.9 Å². The molecule has 88 valence electrons. The van der Waals surface area contributed by atoms with Crippen LogP contribution in [0.3, 0.4) is 0 Å². The van der Waals surface area contributed by atoms with Gasteiger partial charge < -0.3 is 10.6 Å². The molecule has 3 nitrogen and oxygen atoms in total. The van der Waals surface area contributed by atoms with E-state index >= 15 is 0 Å². The molecule has 2 N–H and O–H groups in total. The predicted molar refractivity (Wildman–Crippen MR) is 70.6 cm³/mol. The number of carbonyl (C=O) groups is 1. The topological polar surface area (TPSA) is 41.1 Å². The highest BCUT2D eigenvalue weighted by atomic mass is 79.9. The van der Waals surface area contributed by atoms with Crippen LogP contribution in [-0.4, -0.2) is 12.1 Å². The fourth-order valence-electron chi connectivity index (χ4n) is 1.11. The quantitative estimate of drug-likeness (QED) is 0.875. The molecule has 0 saturated carbocycles. The highest BCUT2D eigenvalue weighted by Gasteiger charge is 2.10. The van der Waals surface area contributed by atoms with Gasteiger partial charge in [-0.15, -0.1) is 0 Å². The van der Waals surface area contributed by atoms with E-state index in [1.165, 1.54) is 0 Å². The molecule has 0 aromatic heterocycles. The summed E-state index contributed by atoms with van der Waals surface area (Å²) in [4.78, 5) is 11.6. The first kappa shape index (κ1) is 13.0. The van der Waals surface area contributed by atoms with Gasteiger partial charge in [-0.3, -0.25) is 0 Å². The monoisotopic (exact) mass is 284 g/mol. The van der Waals surface area contributed by atoms with Crippen LogP contribution in [-0.2, 0) is 0 Å². The zero-order valence-electron chi connectivity index (χ0n) is 9.75. The van der Waals surface area contributed by atoms with E-state index in [2.05, 4.69) is 40.4 Å². The van der Waals surface area contributed by atoms with E-state index in [0.29, 0.717) is 5.92 Å².